The van der Waals surface area contributed by atoms with Gasteiger partial charge in [0, 0.05) is 18.9 Å². The monoisotopic (exact) mass is 191 g/mol. The fourth-order valence-electron chi connectivity index (χ4n) is 1.59. The molecule has 0 aliphatic heterocycles. The van der Waals surface area contributed by atoms with Crippen molar-refractivity contribution in [2.75, 3.05) is 13.6 Å². The van der Waals surface area contributed by atoms with Crippen molar-refractivity contribution < 1.29 is 8.78 Å². The Morgan fingerprint density at radius 2 is 1.92 bits per heavy atom. The van der Waals surface area contributed by atoms with Gasteiger partial charge in [0.2, 0.25) is 0 Å². The summed E-state index contributed by atoms with van der Waals surface area (Å²) in [7, 11) is 1.95. The minimum atomic E-state index is -2.38. The molecule has 0 atom stereocenters. The highest BCUT2D eigenvalue weighted by Crippen LogP contribution is 2.39. The molecule has 0 aromatic heterocycles. The van der Waals surface area contributed by atoms with Gasteiger partial charge in [-0.1, -0.05) is 13.8 Å². The molecular weight excluding hydrogens is 172 g/mol. The Hall–Kier alpha value is -0.180. The smallest absolute Gasteiger partial charge is 0.251 e. The maximum atomic E-state index is 12.5. The van der Waals surface area contributed by atoms with E-state index in [0.29, 0.717) is 5.92 Å². The standard InChI is InChI=1S/C10H19F2N/c1-8(2)4-5-13(3)9-6-10(11,12)7-9/h8-9H,4-7H2,1-3H3. The molecule has 1 saturated carbocycles. The van der Waals surface area contributed by atoms with E-state index in [1.807, 2.05) is 7.05 Å². The van der Waals surface area contributed by atoms with E-state index >= 15 is 0 Å². The topological polar surface area (TPSA) is 3.24 Å². The van der Waals surface area contributed by atoms with Gasteiger partial charge in [-0.05, 0) is 25.9 Å². The largest absolute Gasteiger partial charge is 0.303 e. The molecule has 1 aliphatic rings. The Morgan fingerprint density at radius 3 is 2.31 bits per heavy atom. The number of hydrogen-bond donors (Lipinski definition) is 0. The number of halogens is 2. The average Bonchev–Trinajstić information content (AvgIpc) is 1.95. The molecule has 0 amide bonds. The third kappa shape index (κ3) is 3.22. The molecule has 0 aromatic rings. The van der Waals surface area contributed by atoms with Gasteiger partial charge in [-0.15, -0.1) is 0 Å². The summed E-state index contributed by atoms with van der Waals surface area (Å²) in [5.41, 5.74) is 0. The van der Waals surface area contributed by atoms with Crippen molar-refractivity contribution in [1.82, 2.24) is 4.90 Å². The van der Waals surface area contributed by atoms with Gasteiger partial charge in [0.15, 0.2) is 0 Å². The molecule has 3 heteroatoms. The summed E-state index contributed by atoms with van der Waals surface area (Å²) < 4.78 is 25.0. The van der Waals surface area contributed by atoms with Crippen LogP contribution in [0, 0.1) is 5.92 Å². The summed E-state index contributed by atoms with van der Waals surface area (Å²) in [5, 5.41) is 0. The summed E-state index contributed by atoms with van der Waals surface area (Å²) >= 11 is 0. The van der Waals surface area contributed by atoms with Gasteiger partial charge in [-0.3, -0.25) is 0 Å². The van der Waals surface area contributed by atoms with Crippen molar-refractivity contribution in [2.24, 2.45) is 5.92 Å². The van der Waals surface area contributed by atoms with Crippen LogP contribution in [0.5, 0.6) is 0 Å². The number of hydrogen-bond acceptors (Lipinski definition) is 1. The first kappa shape index (κ1) is 10.9. The van der Waals surface area contributed by atoms with E-state index in [1.54, 1.807) is 0 Å². The lowest BCUT2D eigenvalue weighted by atomic mass is 9.87. The SMILES string of the molecule is CC(C)CCN(C)C1CC(F)(F)C1. The van der Waals surface area contributed by atoms with Crippen LogP contribution in [0.3, 0.4) is 0 Å². The molecule has 1 rings (SSSR count). The normalized spacial score (nSPS) is 22.4. The lowest BCUT2D eigenvalue weighted by molar-refractivity contribution is -0.120. The lowest BCUT2D eigenvalue weighted by Gasteiger charge is -2.41. The molecule has 0 saturated heterocycles. The fourth-order valence-corrected chi connectivity index (χ4v) is 1.59. The molecule has 0 N–H and O–H groups in total. The van der Waals surface area contributed by atoms with E-state index in [4.69, 9.17) is 0 Å². The highest BCUT2D eigenvalue weighted by Gasteiger charge is 2.46. The average molecular weight is 191 g/mol. The quantitative estimate of drug-likeness (QED) is 0.660. The Morgan fingerprint density at radius 1 is 1.38 bits per heavy atom. The third-order valence-electron chi connectivity index (χ3n) is 2.75. The van der Waals surface area contributed by atoms with Crippen LogP contribution in [0.15, 0.2) is 0 Å². The van der Waals surface area contributed by atoms with Gasteiger partial charge < -0.3 is 4.90 Å². The van der Waals surface area contributed by atoms with Gasteiger partial charge in [-0.2, -0.15) is 0 Å². The minimum Gasteiger partial charge on any atom is -0.303 e. The second-order valence-electron chi connectivity index (χ2n) is 4.58. The zero-order chi connectivity index (χ0) is 10.1. The molecule has 1 aliphatic carbocycles. The Labute approximate surface area is 79.1 Å². The Bertz CT molecular complexity index is 160. The molecule has 0 aromatic carbocycles. The molecule has 0 heterocycles. The van der Waals surface area contributed by atoms with Crippen LogP contribution >= 0.6 is 0 Å². The van der Waals surface area contributed by atoms with Crippen molar-refractivity contribution in [3.05, 3.63) is 0 Å². The van der Waals surface area contributed by atoms with Crippen molar-refractivity contribution >= 4 is 0 Å². The van der Waals surface area contributed by atoms with E-state index in [1.165, 1.54) is 0 Å². The van der Waals surface area contributed by atoms with Crippen LogP contribution in [0.4, 0.5) is 8.78 Å². The third-order valence-corrected chi connectivity index (χ3v) is 2.75. The van der Waals surface area contributed by atoms with E-state index in [0.717, 1.165) is 13.0 Å². The first-order valence-corrected chi connectivity index (χ1v) is 4.99. The van der Waals surface area contributed by atoms with Gasteiger partial charge in [-0.25, -0.2) is 8.78 Å². The molecule has 0 spiro atoms. The van der Waals surface area contributed by atoms with E-state index in [2.05, 4.69) is 18.7 Å². The second-order valence-corrected chi connectivity index (χ2v) is 4.58. The first-order chi connectivity index (χ1) is 5.91. The highest BCUT2D eigenvalue weighted by atomic mass is 19.3. The van der Waals surface area contributed by atoms with Crippen LogP contribution in [-0.4, -0.2) is 30.5 Å². The number of alkyl halides is 2. The van der Waals surface area contributed by atoms with Gasteiger partial charge in [0.1, 0.15) is 0 Å². The lowest BCUT2D eigenvalue weighted by Crippen LogP contribution is -2.49. The number of nitrogens with zero attached hydrogens (tertiary/aromatic N) is 1. The zero-order valence-corrected chi connectivity index (χ0v) is 8.69. The fraction of sp³-hybridized carbons (Fsp3) is 1.00. The number of rotatable bonds is 4. The molecule has 0 bridgehead atoms. The van der Waals surface area contributed by atoms with Crippen molar-refractivity contribution in [3.8, 4) is 0 Å². The molecule has 78 valence electrons. The first-order valence-electron chi connectivity index (χ1n) is 4.99. The molecule has 13 heavy (non-hydrogen) atoms. The Kier molecular flexibility index (Phi) is 3.28. The van der Waals surface area contributed by atoms with Crippen LogP contribution in [0.25, 0.3) is 0 Å². The van der Waals surface area contributed by atoms with Crippen LogP contribution in [0.1, 0.15) is 33.1 Å². The van der Waals surface area contributed by atoms with E-state index < -0.39 is 5.92 Å². The van der Waals surface area contributed by atoms with E-state index in [9.17, 15) is 8.78 Å². The van der Waals surface area contributed by atoms with Crippen LogP contribution in [0.2, 0.25) is 0 Å². The van der Waals surface area contributed by atoms with Gasteiger partial charge in [0.25, 0.3) is 5.92 Å². The van der Waals surface area contributed by atoms with E-state index in [-0.39, 0.29) is 18.9 Å². The van der Waals surface area contributed by atoms with Crippen molar-refractivity contribution in [3.63, 3.8) is 0 Å². The molecule has 0 radical (unpaired) electrons. The minimum absolute atomic E-state index is 0.0571. The summed E-state index contributed by atoms with van der Waals surface area (Å²) in [6.07, 6.45) is 1.21. The maximum Gasteiger partial charge on any atom is 0.251 e. The predicted molar refractivity (Wildman–Crippen MR) is 50.1 cm³/mol. The van der Waals surface area contributed by atoms with Crippen LogP contribution < -0.4 is 0 Å². The molecule has 0 unspecified atom stereocenters. The summed E-state index contributed by atoms with van der Waals surface area (Å²) in [6, 6.07) is 0.119. The van der Waals surface area contributed by atoms with Gasteiger partial charge >= 0.3 is 0 Å². The zero-order valence-electron chi connectivity index (χ0n) is 8.69. The predicted octanol–water partition coefficient (Wildman–Crippen LogP) is 2.76. The summed E-state index contributed by atoms with van der Waals surface area (Å²) in [5.74, 6) is -1.72. The molecule has 1 nitrogen and oxygen atoms in total. The second kappa shape index (κ2) is 3.91. The Balaban J connectivity index is 2.16. The van der Waals surface area contributed by atoms with Crippen LogP contribution in [-0.2, 0) is 0 Å². The molecule has 1 fully saturated rings. The van der Waals surface area contributed by atoms with Gasteiger partial charge in [0.05, 0.1) is 0 Å². The molecular formula is C10H19F2N. The summed E-state index contributed by atoms with van der Waals surface area (Å²) in [4.78, 5) is 2.07. The highest BCUT2D eigenvalue weighted by molar-refractivity contribution is 4.91. The maximum absolute atomic E-state index is 12.5. The van der Waals surface area contributed by atoms with Crippen molar-refractivity contribution in [1.29, 1.82) is 0 Å². The van der Waals surface area contributed by atoms with Crippen molar-refractivity contribution in [2.45, 2.75) is 45.1 Å². The summed E-state index contributed by atoms with van der Waals surface area (Å²) in [6.45, 7) is 5.25.